The van der Waals surface area contributed by atoms with Crippen LogP contribution >= 0.6 is 0 Å². The van der Waals surface area contributed by atoms with Gasteiger partial charge in [-0.05, 0) is 49.5 Å². The Morgan fingerprint density at radius 1 is 1.36 bits per heavy atom. The summed E-state index contributed by atoms with van der Waals surface area (Å²) in [6.07, 6.45) is 10.8. The maximum atomic E-state index is 12.2. The van der Waals surface area contributed by atoms with Crippen LogP contribution in [-0.2, 0) is 14.3 Å². The fourth-order valence-electron chi connectivity index (χ4n) is 3.32. The quantitative estimate of drug-likeness (QED) is 0.518. The minimum atomic E-state index is -0.276. The van der Waals surface area contributed by atoms with E-state index in [1.54, 1.807) is 0 Å². The predicted molar refractivity (Wildman–Crippen MR) is 87.4 cm³/mol. The van der Waals surface area contributed by atoms with Gasteiger partial charge in [0, 0.05) is 18.4 Å². The van der Waals surface area contributed by atoms with Gasteiger partial charge in [-0.15, -0.1) is 0 Å². The minimum Gasteiger partial charge on any atom is -0.458 e. The van der Waals surface area contributed by atoms with Gasteiger partial charge in [-0.25, -0.2) is 4.79 Å². The summed E-state index contributed by atoms with van der Waals surface area (Å²) in [5, 5.41) is 0. The van der Waals surface area contributed by atoms with Crippen LogP contribution in [0.15, 0.2) is 23.3 Å². The Bertz CT molecular complexity index is 497. The highest BCUT2D eigenvalue weighted by atomic mass is 16.5. The van der Waals surface area contributed by atoms with E-state index >= 15 is 0 Å². The van der Waals surface area contributed by atoms with E-state index < -0.39 is 0 Å². The van der Waals surface area contributed by atoms with Crippen LogP contribution in [0.25, 0.3) is 0 Å². The van der Waals surface area contributed by atoms with Gasteiger partial charge in [-0.3, -0.25) is 4.79 Å². The first-order valence-corrected chi connectivity index (χ1v) is 8.47. The number of allylic oxidation sites excluding steroid dienone is 2. The Morgan fingerprint density at radius 3 is 2.77 bits per heavy atom. The molecule has 0 N–H and O–H groups in total. The van der Waals surface area contributed by atoms with Crippen LogP contribution < -0.4 is 0 Å². The molecule has 3 heteroatoms. The van der Waals surface area contributed by atoms with Crippen molar-refractivity contribution < 1.29 is 14.3 Å². The average molecular weight is 304 g/mol. The van der Waals surface area contributed by atoms with Gasteiger partial charge in [0.15, 0.2) is 0 Å². The molecule has 0 saturated heterocycles. The SMILES string of the molecule is CC(CCC1=CCCCC1(C)C)C(=O)CCC1=CC(=O)OC1. The fraction of sp³-hybridized carbons (Fsp3) is 0.684. The number of ether oxygens (including phenoxy) is 1. The van der Waals surface area contributed by atoms with Gasteiger partial charge in [0.25, 0.3) is 0 Å². The highest BCUT2D eigenvalue weighted by molar-refractivity contribution is 5.86. The summed E-state index contributed by atoms with van der Waals surface area (Å²) in [7, 11) is 0. The molecular formula is C19H28O3. The number of Topliss-reactive ketones (excluding diaryl/α,β-unsaturated/α-hetero) is 1. The summed E-state index contributed by atoms with van der Waals surface area (Å²) in [5.41, 5.74) is 2.77. The third-order valence-corrected chi connectivity index (χ3v) is 5.08. The zero-order valence-electron chi connectivity index (χ0n) is 14.1. The minimum absolute atomic E-state index is 0.0947. The largest absolute Gasteiger partial charge is 0.458 e. The maximum absolute atomic E-state index is 12.2. The molecule has 0 amide bonds. The lowest BCUT2D eigenvalue weighted by Gasteiger charge is -2.32. The second-order valence-electron chi connectivity index (χ2n) is 7.32. The summed E-state index contributed by atoms with van der Waals surface area (Å²) >= 11 is 0. The second kappa shape index (κ2) is 7.26. The zero-order chi connectivity index (χ0) is 16.2. The van der Waals surface area contributed by atoms with E-state index in [1.807, 2.05) is 6.92 Å². The van der Waals surface area contributed by atoms with Crippen LogP contribution in [0.5, 0.6) is 0 Å². The summed E-state index contributed by atoms with van der Waals surface area (Å²) < 4.78 is 4.86. The molecule has 0 bridgehead atoms. The lowest BCUT2D eigenvalue weighted by molar-refractivity contribution is -0.134. The van der Waals surface area contributed by atoms with Crippen molar-refractivity contribution in [3.8, 4) is 0 Å². The number of hydrogen-bond donors (Lipinski definition) is 0. The molecule has 3 nitrogen and oxygen atoms in total. The molecule has 2 aliphatic rings. The zero-order valence-corrected chi connectivity index (χ0v) is 14.1. The van der Waals surface area contributed by atoms with Crippen LogP contribution in [0.2, 0.25) is 0 Å². The first-order valence-electron chi connectivity index (χ1n) is 8.47. The third kappa shape index (κ3) is 4.56. The molecule has 0 aromatic rings. The number of ketones is 1. The Hall–Kier alpha value is -1.38. The van der Waals surface area contributed by atoms with E-state index in [4.69, 9.17) is 4.74 Å². The molecule has 1 aliphatic heterocycles. The number of carbonyl (C=O) groups is 2. The monoisotopic (exact) mass is 304 g/mol. The topological polar surface area (TPSA) is 43.4 Å². The molecule has 22 heavy (non-hydrogen) atoms. The van der Waals surface area contributed by atoms with Crippen LogP contribution in [0.4, 0.5) is 0 Å². The lowest BCUT2D eigenvalue weighted by Crippen LogP contribution is -2.19. The molecule has 0 fully saturated rings. The number of hydrogen-bond acceptors (Lipinski definition) is 3. The standard InChI is InChI=1S/C19H28O3/c1-14(7-9-16-6-4-5-11-19(16,2)3)17(20)10-8-15-12-18(21)22-13-15/h6,12,14H,4-5,7-11,13H2,1-3H3. The Morgan fingerprint density at radius 2 is 2.14 bits per heavy atom. The van der Waals surface area contributed by atoms with E-state index in [1.165, 1.54) is 30.9 Å². The molecule has 0 aromatic heterocycles. The number of esters is 1. The molecule has 1 atom stereocenters. The van der Waals surface area contributed by atoms with E-state index in [9.17, 15) is 9.59 Å². The van der Waals surface area contributed by atoms with Crippen LogP contribution in [0.1, 0.15) is 65.7 Å². The van der Waals surface area contributed by atoms with Gasteiger partial charge in [0.2, 0.25) is 0 Å². The van der Waals surface area contributed by atoms with Crippen molar-refractivity contribution in [1.29, 1.82) is 0 Å². The molecule has 122 valence electrons. The number of carbonyl (C=O) groups excluding carboxylic acids is 2. The van der Waals surface area contributed by atoms with Crippen molar-refractivity contribution in [3.63, 3.8) is 0 Å². The second-order valence-corrected chi connectivity index (χ2v) is 7.32. The fourth-order valence-corrected chi connectivity index (χ4v) is 3.32. The normalized spacial score (nSPS) is 21.9. The van der Waals surface area contributed by atoms with Crippen molar-refractivity contribution in [2.24, 2.45) is 11.3 Å². The van der Waals surface area contributed by atoms with E-state index in [-0.39, 0.29) is 11.9 Å². The van der Waals surface area contributed by atoms with Gasteiger partial charge in [-0.1, -0.05) is 32.4 Å². The highest BCUT2D eigenvalue weighted by Gasteiger charge is 2.26. The van der Waals surface area contributed by atoms with Crippen molar-refractivity contribution >= 4 is 11.8 Å². The Balaban J connectivity index is 1.75. The summed E-state index contributed by atoms with van der Waals surface area (Å²) in [4.78, 5) is 23.2. The molecule has 1 aliphatic carbocycles. The van der Waals surface area contributed by atoms with Gasteiger partial charge < -0.3 is 4.74 Å². The van der Waals surface area contributed by atoms with E-state index in [0.29, 0.717) is 30.6 Å². The molecule has 2 rings (SSSR count). The summed E-state index contributed by atoms with van der Waals surface area (Å²) in [6, 6.07) is 0. The van der Waals surface area contributed by atoms with Crippen molar-refractivity contribution in [2.75, 3.05) is 6.61 Å². The van der Waals surface area contributed by atoms with Gasteiger partial charge >= 0.3 is 5.97 Å². The molecule has 0 spiro atoms. The summed E-state index contributed by atoms with van der Waals surface area (Å²) in [5.74, 6) is 0.119. The smallest absolute Gasteiger partial charge is 0.331 e. The number of rotatable bonds is 7. The number of cyclic esters (lactones) is 1. The van der Waals surface area contributed by atoms with Gasteiger partial charge in [0.1, 0.15) is 12.4 Å². The maximum Gasteiger partial charge on any atom is 0.331 e. The van der Waals surface area contributed by atoms with Crippen LogP contribution in [0.3, 0.4) is 0 Å². The molecule has 0 radical (unpaired) electrons. The van der Waals surface area contributed by atoms with E-state index in [2.05, 4.69) is 19.9 Å². The van der Waals surface area contributed by atoms with Crippen molar-refractivity contribution in [3.05, 3.63) is 23.3 Å². The molecule has 0 saturated carbocycles. The van der Waals surface area contributed by atoms with Gasteiger partial charge in [0.05, 0.1) is 0 Å². The molecular weight excluding hydrogens is 276 g/mol. The Kier molecular flexibility index (Phi) is 5.60. The first kappa shape index (κ1) is 17.0. The predicted octanol–water partition coefficient (Wildman–Crippen LogP) is 4.37. The Labute approximate surface area is 133 Å². The molecule has 0 aromatic carbocycles. The lowest BCUT2D eigenvalue weighted by atomic mass is 9.73. The molecule has 1 unspecified atom stereocenters. The molecule has 1 heterocycles. The third-order valence-electron chi connectivity index (χ3n) is 5.08. The average Bonchev–Trinajstić information content (AvgIpc) is 2.88. The van der Waals surface area contributed by atoms with Crippen LogP contribution in [0, 0.1) is 11.3 Å². The first-order chi connectivity index (χ1) is 10.4. The summed E-state index contributed by atoms with van der Waals surface area (Å²) in [6.45, 7) is 7.02. The van der Waals surface area contributed by atoms with Crippen molar-refractivity contribution in [1.82, 2.24) is 0 Å². The van der Waals surface area contributed by atoms with Crippen LogP contribution in [-0.4, -0.2) is 18.4 Å². The van der Waals surface area contributed by atoms with Gasteiger partial charge in [-0.2, -0.15) is 0 Å². The highest BCUT2D eigenvalue weighted by Crippen LogP contribution is 2.39. The van der Waals surface area contributed by atoms with E-state index in [0.717, 1.165) is 18.4 Å². The van der Waals surface area contributed by atoms with Crippen molar-refractivity contribution in [2.45, 2.75) is 65.7 Å².